The van der Waals surface area contributed by atoms with Gasteiger partial charge in [0.2, 0.25) is 0 Å². The molecular weight excluding hydrogens is 212 g/mol. The Morgan fingerprint density at radius 3 is 2.65 bits per heavy atom. The van der Waals surface area contributed by atoms with E-state index in [9.17, 15) is 5.26 Å². The molecule has 17 heavy (non-hydrogen) atoms. The fourth-order valence-corrected chi connectivity index (χ4v) is 1.65. The molecule has 1 N–H and O–H groups in total. The maximum absolute atomic E-state index is 9.20. The van der Waals surface area contributed by atoms with Crippen LogP contribution in [0, 0.1) is 17.2 Å². The summed E-state index contributed by atoms with van der Waals surface area (Å²) in [4.78, 5) is 0. The summed E-state index contributed by atoms with van der Waals surface area (Å²) in [5, 5.41) is 12.4. The summed E-state index contributed by atoms with van der Waals surface area (Å²) in [7, 11) is 1.63. The molecule has 3 heteroatoms. The molecule has 0 aliphatic rings. The fourth-order valence-electron chi connectivity index (χ4n) is 1.65. The van der Waals surface area contributed by atoms with Crippen LogP contribution >= 0.6 is 0 Å². The first-order valence-corrected chi connectivity index (χ1v) is 5.95. The summed E-state index contributed by atoms with van der Waals surface area (Å²) in [6.07, 6.45) is 1.06. The van der Waals surface area contributed by atoms with Crippen molar-refractivity contribution < 1.29 is 4.74 Å². The molecule has 0 aliphatic carbocycles. The zero-order valence-corrected chi connectivity index (χ0v) is 10.7. The first-order chi connectivity index (χ1) is 8.19. The van der Waals surface area contributed by atoms with Crippen molar-refractivity contribution in [3.63, 3.8) is 0 Å². The second-order valence-electron chi connectivity index (χ2n) is 4.44. The van der Waals surface area contributed by atoms with Crippen LogP contribution in [0.5, 0.6) is 5.75 Å². The van der Waals surface area contributed by atoms with Gasteiger partial charge in [-0.05, 0) is 24.9 Å². The highest BCUT2D eigenvalue weighted by Crippen LogP contribution is 2.24. The van der Waals surface area contributed by atoms with Crippen molar-refractivity contribution in [2.45, 2.75) is 26.3 Å². The molecule has 0 heterocycles. The molecule has 0 amide bonds. The third kappa shape index (κ3) is 4.08. The van der Waals surface area contributed by atoms with Gasteiger partial charge in [0.25, 0.3) is 0 Å². The largest absolute Gasteiger partial charge is 0.496 e. The van der Waals surface area contributed by atoms with E-state index in [4.69, 9.17) is 4.74 Å². The molecule has 1 aromatic rings. The highest BCUT2D eigenvalue weighted by atomic mass is 16.5. The Bertz CT molecular complexity index is 382. The van der Waals surface area contributed by atoms with Crippen LogP contribution < -0.4 is 10.1 Å². The fraction of sp³-hybridized carbons (Fsp3) is 0.500. The summed E-state index contributed by atoms with van der Waals surface area (Å²) in [5.74, 6) is 1.40. The summed E-state index contributed by atoms with van der Waals surface area (Å²) in [5.41, 5.74) is 0.904. The van der Waals surface area contributed by atoms with Crippen molar-refractivity contribution in [3.05, 3.63) is 29.8 Å². The minimum absolute atomic E-state index is 0.301. The number of ether oxygens (including phenoxy) is 1. The quantitative estimate of drug-likeness (QED) is 0.820. The van der Waals surface area contributed by atoms with Crippen LogP contribution in [-0.4, -0.2) is 13.7 Å². The van der Waals surface area contributed by atoms with E-state index in [1.807, 2.05) is 24.3 Å². The summed E-state index contributed by atoms with van der Waals surface area (Å²) >= 11 is 0. The molecule has 0 saturated heterocycles. The number of nitriles is 1. The number of hydrogen-bond donors (Lipinski definition) is 1. The number of para-hydroxylation sites is 1. The maximum Gasteiger partial charge on any atom is 0.124 e. The van der Waals surface area contributed by atoms with Gasteiger partial charge in [-0.2, -0.15) is 5.26 Å². The Balaban J connectivity index is 2.70. The second-order valence-corrected chi connectivity index (χ2v) is 4.44. The molecule has 0 fully saturated rings. The Labute approximate surface area is 103 Å². The molecule has 0 aliphatic heterocycles. The normalized spacial score (nSPS) is 12.2. The van der Waals surface area contributed by atoms with E-state index in [1.54, 1.807) is 7.11 Å². The van der Waals surface area contributed by atoms with Crippen molar-refractivity contribution in [2.75, 3.05) is 13.7 Å². The minimum atomic E-state index is -0.301. The molecule has 0 aromatic heterocycles. The topological polar surface area (TPSA) is 45.0 Å². The summed E-state index contributed by atoms with van der Waals surface area (Å²) < 4.78 is 5.26. The van der Waals surface area contributed by atoms with Crippen LogP contribution in [0.15, 0.2) is 24.3 Å². The van der Waals surface area contributed by atoms with E-state index in [0.717, 1.165) is 24.3 Å². The van der Waals surface area contributed by atoms with E-state index in [1.165, 1.54) is 0 Å². The predicted molar refractivity (Wildman–Crippen MR) is 68.8 cm³/mol. The zero-order chi connectivity index (χ0) is 12.7. The lowest BCUT2D eigenvalue weighted by molar-refractivity contribution is 0.404. The van der Waals surface area contributed by atoms with Crippen molar-refractivity contribution >= 4 is 0 Å². The lowest BCUT2D eigenvalue weighted by Gasteiger charge is -2.15. The van der Waals surface area contributed by atoms with Gasteiger partial charge in [-0.1, -0.05) is 32.0 Å². The monoisotopic (exact) mass is 232 g/mol. The molecule has 92 valence electrons. The van der Waals surface area contributed by atoms with Crippen LogP contribution in [0.4, 0.5) is 0 Å². The number of benzene rings is 1. The van der Waals surface area contributed by atoms with Crippen LogP contribution in [-0.2, 0) is 0 Å². The van der Waals surface area contributed by atoms with Gasteiger partial charge in [0.15, 0.2) is 0 Å². The Morgan fingerprint density at radius 1 is 1.35 bits per heavy atom. The minimum Gasteiger partial charge on any atom is -0.496 e. The first kappa shape index (κ1) is 13.5. The molecule has 1 rings (SSSR count). The van der Waals surface area contributed by atoms with Crippen LogP contribution in [0.1, 0.15) is 31.9 Å². The zero-order valence-electron chi connectivity index (χ0n) is 10.7. The molecular formula is C14H20N2O. The van der Waals surface area contributed by atoms with Crippen LogP contribution in [0.3, 0.4) is 0 Å². The van der Waals surface area contributed by atoms with Crippen molar-refractivity contribution in [2.24, 2.45) is 5.92 Å². The summed E-state index contributed by atoms with van der Waals surface area (Å²) in [6.45, 7) is 5.19. The average Bonchev–Trinajstić information content (AvgIpc) is 2.34. The van der Waals surface area contributed by atoms with Crippen molar-refractivity contribution in [3.8, 4) is 11.8 Å². The Morgan fingerprint density at radius 2 is 2.06 bits per heavy atom. The lowest BCUT2D eigenvalue weighted by atomic mass is 10.1. The average molecular weight is 232 g/mol. The van der Waals surface area contributed by atoms with Crippen molar-refractivity contribution in [1.29, 1.82) is 5.26 Å². The molecule has 3 nitrogen and oxygen atoms in total. The molecule has 0 saturated carbocycles. The van der Waals surface area contributed by atoms with E-state index < -0.39 is 0 Å². The maximum atomic E-state index is 9.20. The number of rotatable bonds is 6. The molecule has 0 radical (unpaired) electrons. The molecule has 0 bridgehead atoms. The van der Waals surface area contributed by atoms with E-state index in [2.05, 4.69) is 25.2 Å². The van der Waals surface area contributed by atoms with Gasteiger partial charge in [0, 0.05) is 5.56 Å². The molecule has 0 spiro atoms. The van der Waals surface area contributed by atoms with Gasteiger partial charge in [-0.3, -0.25) is 5.32 Å². The van der Waals surface area contributed by atoms with Gasteiger partial charge in [0.05, 0.1) is 13.2 Å². The van der Waals surface area contributed by atoms with E-state index >= 15 is 0 Å². The van der Waals surface area contributed by atoms with Gasteiger partial charge in [-0.15, -0.1) is 0 Å². The van der Waals surface area contributed by atoms with Crippen molar-refractivity contribution in [1.82, 2.24) is 5.32 Å². The highest BCUT2D eigenvalue weighted by molar-refractivity contribution is 5.38. The third-order valence-corrected chi connectivity index (χ3v) is 2.65. The van der Waals surface area contributed by atoms with Gasteiger partial charge in [0.1, 0.15) is 11.8 Å². The molecule has 1 aromatic carbocycles. The standard InChI is InChI=1S/C14H20N2O/c1-11(2)8-9-16-13(10-15)12-6-4-5-7-14(12)17-3/h4-7,11,13,16H,8-9H2,1-3H3. The lowest BCUT2D eigenvalue weighted by Crippen LogP contribution is -2.22. The summed E-state index contributed by atoms with van der Waals surface area (Å²) in [6, 6.07) is 9.61. The smallest absolute Gasteiger partial charge is 0.124 e. The van der Waals surface area contributed by atoms with E-state index in [-0.39, 0.29) is 6.04 Å². The number of nitrogens with one attached hydrogen (secondary N) is 1. The van der Waals surface area contributed by atoms with Crippen LogP contribution in [0.2, 0.25) is 0 Å². The first-order valence-electron chi connectivity index (χ1n) is 5.95. The molecule has 1 atom stereocenters. The molecule has 1 unspecified atom stereocenters. The Hall–Kier alpha value is -1.53. The van der Waals surface area contributed by atoms with Gasteiger partial charge in [-0.25, -0.2) is 0 Å². The second kappa shape index (κ2) is 6.93. The van der Waals surface area contributed by atoms with Crippen LogP contribution in [0.25, 0.3) is 0 Å². The number of methoxy groups -OCH3 is 1. The van der Waals surface area contributed by atoms with Gasteiger partial charge < -0.3 is 4.74 Å². The van der Waals surface area contributed by atoms with E-state index in [0.29, 0.717) is 5.92 Å². The highest BCUT2D eigenvalue weighted by Gasteiger charge is 2.14. The number of hydrogen-bond acceptors (Lipinski definition) is 3. The Kier molecular flexibility index (Phi) is 5.51. The predicted octanol–water partition coefficient (Wildman–Crippen LogP) is 2.90. The number of nitrogens with zero attached hydrogens (tertiary/aromatic N) is 1. The van der Waals surface area contributed by atoms with Gasteiger partial charge >= 0.3 is 0 Å². The third-order valence-electron chi connectivity index (χ3n) is 2.65. The SMILES string of the molecule is COc1ccccc1C(C#N)NCCC(C)C.